The summed E-state index contributed by atoms with van der Waals surface area (Å²) in [4.78, 5) is 25.1. The number of hydrogen-bond donors (Lipinski definition) is 2. The van der Waals surface area contributed by atoms with Gasteiger partial charge in [0, 0.05) is 17.7 Å². The lowest BCUT2D eigenvalue weighted by molar-refractivity contribution is -0.162. The lowest BCUT2D eigenvalue weighted by Crippen LogP contribution is -2.35. The number of aryl methyl sites for hydroxylation is 1. The number of rotatable bonds is 5. The molecular formula is C18H18ClF3N6O2S. The van der Waals surface area contributed by atoms with Crippen LogP contribution in [0.25, 0.3) is 11.2 Å². The van der Waals surface area contributed by atoms with Crippen LogP contribution < -0.4 is 10.9 Å². The molecule has 1 aromatic carbocycles. The lowest BCUT2D eigenvalue weighted by Gasteiger charge is -2.21. The van der Waals surface area contributed by atoms with Gasteiger partial charge in [-0.05, 0) is 43.1 Å². The van der Waals surface area contributed by atoms with Gasteiger partial charge < -0.3 is 5.32 Å². The molecule has 0 aliphatic rings. The molecule has 0 fully saturated rings. The quantitative estimate of drug-likeness (QED) is 0.542. The fourth-order valence-electron chi connectivity index (χ4n) is 2.86. The molecule has 0 saturated heterocycles. The molecule has 13 heteroatoms. The standard InChI is InChI=1S/C18H18ClF3N6O2S/c1-9-13-15(27-17(19)25-9)28(10(2)18(20,21)22)16(29)14(26-13)24-8-11-4-6-12(7-5-11)31(3,23)30/h4-7,10,23H,8H2,1-3H3,(H,24,26)/t10-,31?/m0/s1. The highest BCUT2D eigenvalue weighted by Crippen LogP contribution is 2.31. The Morgan fingerprint density at radius 1 is 1.23 bits per heavy atom. The van der Waals surface area contributed by atoms with Gasteiger partial charge in [0.05, 0.1) is 15.4 Å². The Hall–Kier alpha value is -2.73. The Morgan fingerprint density at radius 3 is 2.39 bits per heavy atom. The van der Waals surface area contributed by atoms with Crippen LogP contribution in [0.1, 0.15) is 24.2 Å². The van der Waals surface area contributed by atoms with Crippen molar-refractivity contribution in [2.24, 2.45) is 0 Å². The van der Waals surface area contributed by atoms with Crippen LogP contribution in [0.3, 0.4) is 0 Å². The van der Waals surface area contributed by atoms with Gasteiger partial charge in [-0.3, -0.25) is 9.36 Å². The van der Waals surface area contributed by atoms with Crippen molar-refractivity contribution in [3.63, 3.8) is 0 Å². The maximum atomic E-state index is 13.4. The molecule has 2 atom stereocenters. The number of aromatic nitrogens is 4. The third-order valence-electron chi connectivity index (χ3n) is 4.58. The first-order chi connectivity index (χ1) is 14.3. The number of benzene rings is 1. The molecule has 31 heavy (non-hydrogen) atoms. The number of alkyl halides is 3. The molecule has 0 aliphatic carbocycles. The molecule has 3 aromatic rings. The van der Waals surface area contributed by atoms with Crippen molar-refractivity contribution in [1.29, 1.82) is 4.78 Å². The van der Waals surface area contributed by atoms with Crippen molar-refractivity contribution >= 4 is 38.3 Å². The second kappa shape index (κ2) is 8.08. The molecular weight excluding hydrogens is 457 g/mol. The highest BCUT2D eigenvalue weighted by Gasteiger charge is 2.39. The van der Waals surface area contributed by atoms with Crippen LogP contribution in [-0.2, 0) is 16.3 Å². The summed E-state index contributed by atoms with van der Waals surface area (Å²) in [6, 6.07) is 4.07. The van der Waals surface area contributed by atoms with E-state index in [2.05, 4.69) is 20.3 Å². The van der Waals surface area contributed by atoms with E-state index in [1.807, 2.05) is 0 Å². The number of hydrogen-bond acceptors (Lipinski definition) is 7. The zero-order valence-electron chi connectivity index (χ0n) is 16.6. The van der Waals surface area contributed by atoms with Crippen molar-refractivity contribution in [2.75, 3.05) is 11.6 Å². The highest BCUT2D eigenvalue weighted by atomic mass is 35.5. The SMILES string of the molecule is Cc1nc(Cl)nc2c1nc(NCc1ccc(S(C)(=N)=O)cc1)c(=O)n2[C@@H](C)C(F)(F)F. The van der Waals surface area contributed by atoms with Gasteiger partial charge in [0.25, 0.3) is 5.56 Å². The summed E-state index contributed by atoms with van der Waals surface area (Å²) in [6.45, 7) is 2.41. The smallest absolute Gasteiger partial charge is 0.361 e. The first-order valence-corrected chi connectivity index (χ1v) is 11.2. The van der Waals surface area contributed by atoms with E-state index in [-0.39, 0.29) is 34.5 Å². The molecule has 166 valence electrons. The predicted octanol–water partition coefficient (Wildman–Crippen LogP) is 3.92. The summed E-state index contributed by atoms with van der Waals surface area (Å²) >= 11 is 5.80. The first-order valence-electron chi connectivity index (χ1n) is 8.88. The summed E-state index contributed by atoms with van der Waals surface area (Å²) in [5, 5.41) is 2.46. The topological polar surface area (TPSA) is 114 Å². The van der Waals surface area contributed by atoms with E-state index < -0.39 is 27.5 Å². The first kappa shape index (κ1) is 22.9. The summed E-state index contributed by atoms with van der Waals surface area (Å²) in [5.74, 6) is -0.304. The van der Waals surface area contributed by atoms with E-state index in [0.717, 1.165) is 6.92 Å². The van der Waals surface area contributed by atoms with Crippen LogP contribution in [0.4, 0.5) is 19.0 Å². The molecule has 0 radical (unpaired) electrons. The largest absolute Gasteiger partial charge is 0.409 e. The average molecular weight is 475 g/mol. The second-order valence-electron chi connectivity index (χ2n) is 6.94. The lowest BCUT2D eigenvalue weighted by atomic mass is 10.2. The molecule has 8 nitrogen and oxygen atoms in total. The minimum Gasteiger partial charge on any atom is -0.361 e. The second-order valence-corrected chi connectivity index (χ2v) is 9.44. The van der Waals surface area contributed by atoms with Gasteiger partial charge in [-0.25, -0.2) is 19.0 Å². The van der Waals surface area contributed by atoms with Gasteiger partial charge in [0.15, 0.2) is 11.5 Å². The Labute approximate surface area is 180 Å². The summed E-state index contributed by atoms with van der Waals surface area (Å²) in [6.07, 6.45) is -3.42. The Morgan fingerprint density at radius 2 is 1.84 bits per heavy atom. The molecule has 3 rings (SSSR count). The van der Waals surface area contributed by atoms with Gasteiger partial charge in [-0.2, -0.15) is 18.2 Å². The van der Waals surface area contributed by atoms with E-state index >= 15 is 0 Å². The Kier molecular flexibility index (Phi) is 5.98. The van der Waals surface area contributed by atoms with E-state index in [4.69, 9.17) is 16.4 Å². The van der Waals surface area contributed by atoms with Crippen LogP contribution >= 0.6 is 11.6 Å². The number of nitrogens with one attached hydrogen (secondary N) is 2. The minimum atomic E-state index is -4.71. The Bertz CT molecular complexity index is 1310. The molecule has 2 N–H and O–H groups in total. The van der Waals surface area contributed by atoms with Gasteiger partial charge >= 0.3 is 6.18 Å². The summed E-state index contributed by atoms with van der Waals surface area (Å²) in [5.41, 5.74) is -0.439. The molecule has 1 unspecified atom stereocenters. The van der Waals surface area contributed by atoms with E-state index in [9.17, 15) is 22.2 Å². The van der Waals surface area contributed by atoms with Crippen molar-refractivity contribution < 1.29 is 17.4 Å². The number of halogens is 4. The van der Waals surface area contributed by atoms with Crippen LogP contribution in [0, 0.1) is 11.7 Å². The van der Waals surface area contributed by atoms with E-state index in [1.54, 1.807) is 12.1 Å². The van der Waals surface area contributed by atoms with Gasteiger partial charge in [0.2, 0.25) is 5.28 Å². The number of nitrogens with zero attached hydrogens (tertiary/aromatic N) is 4. The van der Waals surface area contributed by atoms with Gasteiger partial charge in [-0.1, -0.05) is 12.1 Å². The van der Waals surface area contributed by atoms with Crippen LogP contribution in [0.15, 0.2) is 34.0 Å². The van der Waals surface area contributed by atoms with Crippen LogP contribution in [0.2, 0.25) is 5.28 Å². The van der Waals surface area contributed by atoms with Gasteiger partial charge in [0.1, 0.15) is 11.6 Å². The van der Waals surface area contributed by atoms with E-state index in [0.29, 0.717) is 15.0 Å². The van der Waals surface area contributed by atoms with Crippen LogP contribution in [0.5, 0.6) is 0 Å². The molecule has 2 aromatic heterocycles. The van der Waals surface area contributed by atoms with Crippen LogP contribution in [-0.4, -0.2) is 36.2 Å². The van der Waals surface area contributed by atoms with E-state index in [1.165, 1.54) is 25.3 Å². The highest BCUT2D eigenvalue weighted by molar-refractivity contribution is 7.91. The fourth-order valence-corrected chi connectivity index (χ4v) is 3.72. The van der Waals surface area contributed by atoms with Crippen molar-refractivity contribution in [3.8, 4) is 0 Å². The third kappa shape index (κ3) is 4.79. The number of fused-ring (bicyclic) bond motifs is 1. The molecule has 0 bridgehead atoms. The van der Waals surface area contributed by atoms with Gasteiger partial charge in [-0.15, -0.1) is 0 Å². The summed E-state index contributed by atoms with van der Waals surface area (Å²) < 4.78 is 60.2. The maximum Gasteiger partial charge on any atom is 0.409 e. The monoisotopic (exact) mass is 474 g/mol. The summed E-state index contributed by atoms with van der Waals surface area (Å²) in [7, 11) is -2.87. The minimum absolute atomic E-state index is 0.0119. The zero-order chi connectivity index (χ0) is 23.1. The third-order valence-corrected chi connectivity index (χ3v) is 5.92. The van der Waals surface area contributed by atoms with Crippen molar-refractivity contribution in [1.82, 2.24) is 19.5 Å². The molecule has 0 saturated carbocycles. The normalized spacial score (nSPS) is 14.9. The average Bonchev–Trinajstić information content (AvgIpc) is 2.65. The number of anilines is 1. The molecule has 0 amide bonds. The van der Waals surface area contributed by atoms with Crippen molar-refractivity contribution in [2.45, 2.75) is 37.5 Å². The fraction of sp³-hybridized carbons (Fsp3) is 0.333. The molecule has 0 spiro atoms. The predicted molar refractivity (Wildman–Crippen MR) is 111 cm³/mol. The molecule has 2 heterocycles. The Balaban J connectivity index is 2.07. The van der Waals surface area contributed by atoms with Crippen molar-refractivity contribution in [3.05, 3.63) is 51.2 Å². The zero-order valence-corrected chi connectivity index (χ0v) is 18.2. The molecule has 0 aliphatic heterocycles. The maximum absolute atomic E-state index is 13.4.